The summed E-state index contributed by atoms with van der Waals surface area (Å²) in [6, 6.07) is 12.2. The Morgan fingerprint density at radius 3 is 2.82 bits per heavy atom. The smallest absolute Gasteiger partial charge is 0.134 e. The summed E-state index contributed by atoms with van der Waals surface area (Å²) < 4.78 is 7.18. The molecule has 0 fully saturated rings. The molecule has 17 heavy (non-hydrogen) atoms. The molecule has 1 aromatic carbocycles. The SMILES string of the molecule is ClCCC(Oc1cccc(I)c1)c1cccs1. The van der Waals surface area contributed by atoms with Crippen LogP contribution in [0.15, 0.2) is 41.8 Å². The van der Waals surface area contributed by atoms with E-state index >= 15 is 0 Å². The minimum atomic E-state index is 0.0608. The Morgan fingerprint density at radius 1 is 1.29 bits per heavy atom. The van der Waals surface area contributed by atoms with Crippen LogP contribution in [-0.4, -0.2) is 5.88 Å². The molecule has 90 valence electrons. The maximum absolute atomic E-state index is 6.00. The molecule has 0 aliphatic carbocycles. The molecule has 1 heterocycles. The molecule has 1 atom stereocenters. The van der Waals surface area contributed by atoms with Gasteiger partial charge in [-0.3, -0.25) is 0 Å². The summed E-state index contributed by atoms with van der Waals surface area (Å²) >= 11 is 9.83. The summed E-state index contributed by atoms with van der Waals surface area (Å²) in [5, 5.41) is 2.06. The average Bonchev–Trinajstić information content (AvgIpc) is 2.82. The summed E-state index contributed by atoms with van der Waals surface area (Å²) in [6.07, 6.45) is 0.888. The number of alkyl halides is 1. The zero-order valence-electron chi connectivity index (χ0n) is 9.11. The second-order valence-corrected chi connectivity index (χ2v) is 6.16. The Kier molecular flexibility index (Phi) is 5.13. The van der Waals surface area contributed by atoms with Gasteiger partial charge in [-0.05, 0) is 52.2 Å². The largest absolute Gasteiger partial charge is 0.485 e. The van der Waals surface area contributed by atoms with Crippen molar-refractivity contribution in [1.82, 2.24) is 0 Å². The van der Waals surface area contributed by atoms with E-state index in [1.54, 1.807) is 11.3 Å². The van der Waals surface area contributed by atoms with Gasteiger partial charge < -0.3 is 4.74 Å². The van der Waals surface area contributed by atoms with Gasteiger partial charge in [0.2, 0.25) is 0 Å². The van der Waals surface area contributed by atoms with Crippen molar-refractivity contribution >= 4 is 45.5 Å². The van der Waals surface area contributed by atoms with Crippen LogP contribution >= 0.6 is 45.5 Å². The van der Waals surface area contributed by atoms with Crippen LogP contribution in [0.4, 0.5) is 0 Å². The molecule has 4 heteroatoms. The van der Waals surface area contributed by atoms with Crippen LogP contribution in [0, 0.1) is 3.57 Å². The maximum Gasteiger partial charge on any atom is 0.134 e. The van der Waals surface area contributed by atoms with Crippen molar-refractivity contribution in [2.75, 3.05) is 5.88 Å². The lowest BCUT2D eigenvalue weighted by Crippen LogP contribution is -2.06. The van der Waals surface area contributed by atoms with Crippen molar-refractivity contribution in [1.29, 1.82) is 0 Å². The molecule has 0 spiro atoms. The highest BCUT2D eigenvalue weighted by atomic mass is 127. The Labute approximate surface area is 124 Å². The number of ether oxygens (including phenoxy) is 1. The minimum absolute atomic E-state index is 0.0608. The Morgan fingerprint density at radius 2 is 2.18 bits per heavy atom. The highest BCUT2D eigenvalue weighted by molar-refractivity contribution is 14.1. The summed E-state index contributed by atoms with van der Waals surface area (Å²) in [5.74, 6) is 1.51. The molecule has 0 amide bonds. The van der Waals surface area contributed by atoms with Crippen LogP contribution in [0.5, 0.6) is 5.75 Å². The lowest BCUT2D eigenvalue weighted by atomic mass is 10.2. The molecule has 1 unspecified atom stereocenters. The van der Waals surface area contributed by atoms with E-state index in [0.29, 0.717) is 5.88 Å². The zero-order chi connectivity index (χ0) is 12.1. The minimum Gasteiger partial charge on any atom is -0.485 e. The van der Waals surface area contributed by atoms with Gasteiger partial charge in [-0.25, -0.2) is 0 Å². The number of hydrogen-bond donors (Lipinski definition) is 0. The molecular formula is C13H12ClIOS. The van der Waals surface area contributed by atoms with Gasteiger partial charge in [0.15, 0.2) is 0 Å². The van der Waals surface area contributed by atoms with Gasteiger partial charge in [0.1, 0.15) is 11.9 Å². The summed E-state index contributed by atoms with van der Waals surface area (Å²) in [6.45, 7) is 0. The standard InChI is InChI=1S/C13H12ClIOS/c14-7-6-12(13-5-2-8-17-13)16-11-4-1-3-10(15)9-11/h1-5,8-9,12H,6-7H2. The first-order valence-corrected chi connectivity index (χ1v) is 7.80. The highest BCUT2D eigenvalue weighted by Gasteiger charge is 2.13. The molecule has 1 aromatic heterocycles. The third kappa shape index (κ3) is 3.86. The van der Waals surface area contributed by atoms with Crippen molar-refractivity contribution in [2.24, 2.45) is 0 Å². The normalized spacial score (nSPS) is 12.4. The third-order valence-corrected chi connectivity index (χ3v) is 4.16. The predicted octanol–water partition coefficient (Wildman–Crippen LogP) is 5.10. The van der Waals surface area contributed by atoms with E-state index < -0.39 is 0 Å². The molecule has 2 aromatic rings. The number of thiophene rings is 1. The van der Waals surface area contributed by atoms with Crippen LogP contribution in [-0.2, 0) is 0 Å². The topological polar surface area (TPSA) is 9.23 Å². The first kappa shape index (κ1) is 13.2. The van der Waals surface area contributed by atoms with E-state index in [0.717, 1.165) is 12.2 Å². The van der Waals surface area contributed by atoms with E-state index in [2.05, 4.69) is 40.1 Å². The fourth-order valence-corrected chi connectivity index (χ4v) is 3.04. The van der Waals surface area contributed by atoms with Crippen LogP contribution < -0.4 is 4.74 Å². The highest BCUT2D eigenvalue weighted by Crippen LogP contribution is 2.29. The fourth-order valence-electron chi connectivity index (χ4n) is 1.54. The molecule has 0 N–H and O–H groups in total. The summed E-state index contributed by atoms with van der Waals surface area (Å²) in [7, 11) is 0. The number of benzene rings is 1. The van der Waals surface area contributed by atoms with Gasteiger partial charge in [0.05, 0.1) is 0 Å². The zero-order valence-corrected chi connectivity index (χ0v) is 12.8. The Balaban J connectivity index is 2.13. The van der Waals surface area contributed by atoms with E-state index in [9.17, 15) is 0 Å². The molecule has 2 rings (SSSR count). The molecule has 0 aliphatic heterocycles. The van der Waals surface area contributed by atoms with Crippen molar-refractivity contribution in [3.05, 3.63) is 50.2 Å². The van der Waals surface area contributed by atoms with Crippen molar-refractivity contribution in [3.8, 4) is 5.75 Å². The number of hydrogen-bond acceptors (Lipinski definition) is 2. The van der Waals surface area contributed by atoms with Crippen LogP contribution in [0.3, 0.4) is 0 Å². The number of rotatable bonds is 5. The van der Waals surface area contributed by atoms with Gasteiger partial charge >= 0.3 is 0 Å². The van der Waals surface area contributed by atoms with Crippen LogP contribution in [0.1, 0.15) is 17.4 Å². The summed E-state index contributed by atoms with van der Waals surface area (Å²) in [5.41, 5.74) is 0. The van der Waals surface area contributed by atoms with Crippen LogP contribution in [0.25, 0.3) is 0 Å². The van der Waals surface area contributed by atoms with E-state index in [4.69, 9.17) is 16.3 Å². The Hall–Kier alpha value is -0.260. The second-order valence-electron chi connectivity index (χ2n) is 3.56. The second kappa shape index (κ2) is 6.61. The Bertz CT molecular complexity index is 458. The average molecular weight is 379 g/mol. The predicted molar refractivity (Wildman–Crippen MR) is 82.2 cm³/mol. The first-order chi connectivity index (χ1) is 8.29. The van der Waals surface area contributed by atoms with E-state index in [-0.39, 0.29) is 6.10 Å². The quantitative estimate of drug-likeness (QED) is 0.519. The molecular weight excluding hydrogens is 367 g/mol. The molecule has 1 nitrogen and oxygen atoms in total. The van der Waals surface area contributed by atoms with Gasteiger partial charge in [-0.15, -0.1) is 22.9 Å². The third-order valence-electron chi connectivity index (χ3n) is 2.31. The van der Waals surface area contributed by atoms with Gasteiger partial charge in [0.25, 0.3) is 0 Å². The lowest BCUT2D eigenvalue weighted by molar-refractivity contribution is 0.206. The van der Waals surface area contributed by atoms with Crippen molar-refractivity contribution in [2.45, 2.75) is 12.5 Å². The maximum atomic E-state index is 6.00. The molecule has 0 aliphatic rings. The van der Waals surface area contributed by atoms with Crippen molar-refractivity contribution < 1.29 is 4.74 Å². The van der Waals surface area contributed by atoms with Gasteiger partial charge in [-0.1, -0.05) is 12.1 Å². The van der Waals surface area contributed by atoms with E-state index in [1.807, 2.05) is 24.3 Å². The van der Waals surface area contributed by atoms with Crippen molar-refractivity contribution in [3.63, 3.8) is 0 Å². The summed E-state index contributed by atoms with van der Waals surface area (Å²) in [4.78, 5) is 1.23. The molecule has 0 saturated carbocycles. The van der Waals surface area contributed by atoms with Gasteiger partial charge in [-0.2, -0.15) is 0 Å². The lowest BCUT2D eigenvalue weighted by Gasteiger charge is -2.17. The van der Waals surface area contributed by atoms with Gasteiger partial charge in [0, 0.05) is 20.7 Å². The molecule has 0 bridgehead atoms. The van der Waals surface area contributed by atoms with Crippen LogP contribution in [0.2, 0.25) is 0 Å². The molecule has 0 saturated heterocycles. The van der Waals surface area contributed by atoms with E-state index in [1.165, 1.54) is 8.45 Å². The molecule has 0 radical (unpaired) electrons. The first-order valence-electron chi connectivity index (χ1n) is 5.31. The monoisotopic (exact) mass is 378 g/mol. The number of halogens is 2. The fraction of sp³-hybridized carbons (Fsp3) is 0.231.